The van der Waals surface area contributed by atoms with E-state index < -0.39 is 79.7 Å². The summed E-state index contributed by atoms with van der Waals surface area (Å²) >= 11 is 0. The minimum absolute atomic E-state index is 0.0331. The number of amides is 1. The molecule has 1 fully saturated rings. The number of pyridine rings is 1. The monoisotopic (exact) mass is 730 g/mol. The lowest BCUT2D eigenvalue weighted by atomic mass is 9.79. The molecular weight excluding hydrogens is 703 g/mol. The van der Waals surface area contributed by atoms with E-state index in [0.717, 1.165) is 42.5 Å². The zero-order valence-corrected chi connectivity index (χ0v) is 26.5. The molecule has 6 nitrogen and oxygen atoms in total. The highest BCUT2D eigenvalue weighted by atomic mass is 32.2. The van der Waals surface area contributed by atoms with Crippen LogP contribution in [0.1, 0.15) is 52.7 Å². The van der Waals surface area contributed by atoms with Crippen molar-refractivity contribution < 1.29 is 57.5 Å². The Hall–Kier alpha value is -4.44. The van der Waals surface area contributed by atoms with E-state index >= 15 is 0 Å². The minimum Gasteiger partial charge on any atom is -0.349 e. The third-order valence-electron chi connectivity index (χ3n) is 8.82. The zero-order valence-electron chi connectivity index (χ0n) is 25.7. The van der Waals surface area contributed by atoms with Gasteiger partial charge in [-0.25, -0.2) is 21.6 Å². The number of carbonyl (C=O) groups is 1. The van der Waals surface area contributed by atoms with Crippen molar-refractivity contribution in [2.24, 2.45) is 0 Å². The van der Waals surface area contributed by atoms with Crippen LogP contribution in [0, 0.1) is 17.5 Å². The molecule has 0 spiro atoms. The summed E-state index contributed by atoms with van der Waals surface area (Å²) in [4.78, 5) is 16.2. The van der Waals surface area contributed by atoms with Crippen LogP contribution < -0.4 is 5.32 Å². The lowest BCUT2D eigenvalue weighted by molar-refractivity contribution is -0.392. The van der Waals surface area contributed by atoms with Crippen LogP contribution in [-0.2, 0) is 31.5 Å². The average molecular weight is 731 g/mol. The molecule has 0 unspecified atom stereocenters. The molecule has 1 amide bonds. The highest BCUT2D eigenvalue weighted by molar-refractivity contribution is 7.92. The molecule has 1 N–H and O–H groups in total. The molecule has 1 aliphatic carbocycles. The molecule has 16 heteroatoms. The molecule has 0 bridgehead atoms. The minimum atomic E-state index is -6.21. The van der Waals surface area contributed by atoms with Crippen molar-refractivity contribution in [2.45, 2.75) is 65.9 Å². The van der Waals surface area contributed by atoms with E-state index in [2.05, 4.69) is 15.0 Å². The van der Waals surface area contributed by atoms with Crippen molar-refractivity contribution >= 4 is 15.7 Å². The normalized spacial score (nSPS) is 18.9. The van der Waals surface area contributed by atoms with Gasteiger partial charge in [0.2, 0.25) is 0 Å². The first-order chi connectivity index (χ1) is 23.4. The van der Waals surface area contributed by atoms with Crippen LogP contribution in [0.25, 0.3) is 0 Å². The largest absolute Gasteiger partial charge is 0.430 e. The number of aromatic nitrogens is 1. The predicted octanol–water partition coefficient (Wildman–Crippen LogP) is 8.08. The van der Waals surface area contributed by atoms with E-state index in [0.29, 0.717) is 24.3 Å². The van der Waals surface area contributed by atoms with Crippen molar-refractivity contribution in [2.75, 3.05) is 0 Å². The quantitative estimate of drug-likeness (QED) is 0.139. The first-order valence-corrected chi connectivity index (χ1v) is 16.4. The van der Waals surface area contributed by atoms with E-state index in [1.807, 2.05) is 0 Å². The van der Waals surface area contributed by atoms with E-state index in [4.69, 9.17) is 0 Å². The van der Waals surface area contributed by atoms with Crippen molar-refractivity contribution in [3.05, 3.63) is 131 Å². The van der Waals surface area contributed by atoms with Gasteiger partial charge in [0, 0.05) is 35.1 Å². The number of hydrogen-bond donors (Lipinski definition) is 1. The standard InChI is InChI=1S/C34H27F9N2O4S/c35-24-8-10-26(11-9-24)50(47,48)31(16-12-25(13-17-31)45-30(46)21-14-18-44-19-15-21)22-4-6-23(7-5-22)32(33(38,39)40,34(41,42)43)49-20-27-28(36)2-1-3-29(27)37/h1-11,14-15,18-19,25H,12-13,16-17,20H2,(H,45,46)/t25-,31+. The van der Waals surface area contributed by atoms with E-state index in [1.165, 1.54) is 24.5 Å². The Morgan fingerprint density at radius 3 is 1.86 bits per heavy atom. The van der Waals surface area contributed by atoms with Gasteiger partial charge < -0.3 is 10.1 Å². The van der Waals surface area contributed by atoms with Crippen LogP contribution in [0.4, 0.5) is 39.5 Å². The number of ether oxygens (including phenoxy) is 1. The number of sulfone groups is 1. The summed E-state index contributed by atoms with van der Waals surface area (Å²) < 4.78 is 160. The predicted molar refractivity (Wildman–Crippen MR) is 161 cm³/mol. The Labute approximate surface area is 280 Å². The van der Waals surface area contributed by atoms with Crippen molar-refractivity contribution in [3.63, 3.8) is 0 Å². The van der Waals surface area contributed by atoms with Gasteiger partial charge in [0.15, 0.2) is 9.84 Å². The van der Waals surface area contributed by atoms with Gasteiger partial charge in [-0.05, 0) is 79.8 Å². The Kier molecular flexibility index (Phi) is 10.1. The van der Waals surface area contributed by atoms with Gasteiger partial charge in [-0.3, -0.25) is 9.78 Å². The Balaban J connectivity index is 1.55. The molecular formula is C34H27F9N2O4S. The van der Waals surface area contributed by atoms with Crippen LogP contribution in [0.3, 0.4) is 0 Å². The molecule has 1 aromatic heterocycles. The summed E-state index contributed by atoms with van der Waals surface area (Å²) in [6.07, 6.45) is -10.0. The molecule has 4 aromatic rings. The molecule has 3 aromatic carbocycles. The smallest absolute Gasteiger partial charge is 0.349 e. The molecule has 0 radical (unpaired) electrons. The Bertz CT molecular complexity index is 1890. The van der Waals surface area contributed by atoms with Gasteiger partial charge in [-0.2, -0.15) is 26.3 Å². The molecule has 1 heterocycles. The lowest BCUT2D eigenvalue weighted by Crippen LogP contribution is -2.56. The number of carbonyl (C=O) groups excluding carboxylic acids is 1. The van der Waals surface area contributed by atoms with Crippen LogP contribution in [0.15, 0.2) is 96.2 Å². The highest BCUT2D eigenvalue weighted by Crippen LogP contribution is 2.54. The summed E-state index contributed by atoms with van der Waals surface area (Å²) in [7, 11) is -4.51. The molecule has 5 rings (SSSR count). The maximum Gasteiger partial charge on any atom is 0.430 e. The molecule has 266 valence electrons. The number of alkyl halides is 6. The van der Waals surface area contributed by atoms with Gasteiger partial charge in [-0.1, -0.05) is 30.3 Å². The number of rotatable bonds is 9. The van der Waals surface area contributed by atoms with Crippen LogP contribution in [0.2, 0.25) is 0 Å². The van der Waals surface area contributed by atoms with E-state index in [9.17, 15) is 52.7 Å². The van der Waals surface area contributed by atoms with Gasteiger partial charge in [-0.15, -0.1) is 0 Å². The SMILES string of the molecule is O=C(N[C@H]1CC[C@@](c2ccc(C(OCc3c(F)cccc3F)(C(F)(F)F)C(F)(F)F)cc2)(S(=O)(=O)c2ccc(F)cc2)CC1)c1ccncc1. The number of halogens is 9. The van der Waals surface area contributed by atoms with Crippen molar-refractivity contribution in [3.8, 4) is 0 Å². The summed E-state index contributed by atoms with van der Waals surface area (Å²) in [6.45, 7) is -1.76. The summed E-state index contributed by atoms with van der Waals surface area (Å²) in [6, 6.07) is 10.7. The van der Waals surface area contributed by atoms with E-state index in [-0.39, 0.29) is 41.7 Å². The second kappa shape index (κ2) is 13.7. The lowest BCUT2D eigenvalue weighted by Gasteiger charge is -2.41. The molecule has 50 heavy (non-hydrogen) atoms. The van der Waals surface area contributed by atoms with Gasteiger partial charge >= 0.3 is 12.4 Å². The van der Waals surface area contributed by atoms with E-state index in [1.54, 1.807) is 0 Å². The maximum atomic E-state index is 14.5. The first kappa shape index (κ1) is 36.8. The summed E-state index contributed by atoms with van der Waals surface area (Å²) in [5, 5.41) is 2.79. The molecule has 1 saturated carbocycles. The van der Waals surface area contributed by atoms with Gasteiger partial charge in [0.1, 0.15) is 22.2 Å². The first-order valence-electron chi connectivity index (χ1n) is 15.0. The number of nitrogens with zero attached hydrogens (tertiary/aromatic N) is 1. The number of benzene rings is 3. The molecule has 0 saturated heterocycles. The Morgan fingerprint density at radius 2 is 1.34 bits per heavy atom. The fraction of sp³-hybridized carbons (Fsp3) is 0.294. The number of hydrogen-bond acceptors (Lipinski definition) is 5. The van der Waals surface area contributed by atoms with Gasteiger partial charge in [0.05, 0.1) is 11.5 Å². The number of nitrogens with one attached hydrogen (secondary N) is 1. The van der Waals surface area contributed by atoms with Crippen LogP contribution in [0.5, 0.6) is 0 Å². The third kappa shape index (κ3) is 6.70. The topological polar surface area (TPSA) is 85.4 Å². The maximum absolute atomic E-state index is 14.5. The fourth-order valence-electron chi connectivity index (χ4n) is 6.15. The molecule has 0 atom stereocenters. The fourth-order valence-corrected chi connectivity index (χ4v) is 8.31. The zero-order chi connectivity index (χ0) is 36.5. The van der Waals surface area contributed by atoms with Crippen molar-refractivity contribution in [1.82, 2.24) is 10.3 Å². The van der Waals surface area contributed by atoms with Crippen LogP contribution >= 0.6 is 0 Å². The second-order valence-corrected chi connectivity index (χ2v) is 13.9. The Morgan fingerprint density at radius 1 is 0.800 bits per heavy atom. The third-order valence-corrected chi connectivity index (χ3v) is 11.4. The van der Waals surface area contributed by atoms with Crippen molar-refractivity contribution in [1.29, 1.82) is 0 Å². The average Bonchev–Trinajstić information content (AvgIpc) is 3.06. The second-order valence-electron chi connectivity index (χ2n) is 11.7. The summed E-state index contributed by atoms with van der Waals surface area (Å²) in [5.41, 5.74) is -7.66. The summed E-state index contributed by atoms with van der Waals surface area (Å²) in [5.74, 6) is -4.09. The van der Waals surface area contributed by atoms with Crippen LogP contribution in [-0.4, -0.2) is 37.7 Å². The molecule has 0 aliphatic heterocycles. The molecule has 1 aliphatic rings. The highest BCUT2D eigenvalue weighted by Gasteiger charge is 2.73. The van der Waals surface area contributed by atoms with Gasteiger partial charge in [0.25, 0.3) is 11.5 Å².